The summed E-state index contributed by atoms with van der Waals surface area (Å²) >= 11 is 0. The van der Waals surface area contributed by atoms with Crippen LogP contribution in [-0.4, -0.2) is 26.1 Å². The Morgan fingerprint density at radius 1 is 1.00 bits per heavy atom. The third kappa shape index (κ3) is 4.13. The molecule has 148 valence electrons. The summed E-state index contributed by atoms with van der Waals surface area (Å²) in [5, 5.41) is 10.2. The zero-order chi connectivity index (χ0) is 20.4. The van der Waals surface area contributed by atoms with Crippen LogP contribution < -0.4 is 5.32 Å². The van der Waals surface area contributed by atoms with Crippen LogP contribution in [0.1, 0.15) is 17.0 Å². The SMILES string of the molecule is O=C(Cc1cc(F)c(F)cc1F)Nc1n[nH]c(CCc2c[nH]c3ccccc23)n1. The van der Waals surface area contributed by atoms with Gasteiger partial charge >= 0.3 is 0 Å². The van der Waals surface area contributed by atoms with E-state index in [1.165, 1.54) is 0 Å². The largest absolute Gasteiger partial charge is 0.361 e. The lowest BCUT2D eigenvalue weighted by Crippen LogP contribution is -2.16. The highest BCUT2D eigenvalue weighted by Crippen LogP contribution is 2.19. The highest BCUT2D eigenvalue weighted by molar-refractivity contribution is 5.90. The molecule has 4 aromatic rings. The van der Waals surface area contributed by atoms with Gasteiger partial charge in [0.25, 0.3) is 0 Å². The lowest BCUT2D eigenvalue weighted by molar-refractivity contribution is -0.115. The van der Waals surface area contributed by atoms with E-state index in [4.69, 9.17) is 0 Å². The van der Waals surface area contributed by atoms with Gasteiger partial charge < -0.3 is 4.98 Å². The van der Waals surface area contributed by atoms with Crippen LogP contribution in [0.4, 0.5) is 19.1 Å². The van der Waals surface area contributed by atoms with Crippen LogP contribution in [0.25, 0.3) is 10.9 Å². The number of carbonyl (C=O) groups is 1. The molecule has 9 heteroatoms. The molecule has 0 fully saturated rings. The first-order chi connectivity index (χ1) is 14.0. The first kappa shape index (κ1) is 18.7. The molecule has 2 aromatic heterocycles. The van der Waals surface area contributed by atoms with Crippen LogP contribution in [-0.2, 0) is 24.1 Å². The molecule has 0 aliphatic carbocycles. The van der Waals surface area contributed by atoms with Crippen molar-refractivity contribution in [1.29, 1.82) is 0 Å². The normalized spacial score (nSPS) is 11.1. The fourth-order valence-corrected chi connectivity index (χ4v) is 3.10. The van der Waals surface area contributed by atoms with Crippen molar-refractivity contribution in [1.82, 2.24) is 20.2 Å². The number of hydrogen-bond acceptors (Lipinski definition) is 3. The fraction of sp³-hybridized carbons (Fsp3) is 0.150. The van der Waals surface area contributed by atoms with Crippen LogP contribution in [0.15, 0.2) is 42.6 Å². The first-order valence-electron chi connectivity index (χ1n) is 8.89. The van der Waals surface area contributed by atoms with E-state index in [0.717, 1.165) is 16.5 Å². The van der Waals surface area contributed by atoms with E-state index in [0.29, 0.717) is 30.8 Å². The van der Waals surface area contributed by atoms with Gasteiger partial charge in [-0.1, -0.05) is 18.2 Å². The number of rotatable bonds is 6. The zero-order valence-corrected chi connectivity index (χ0v) is 15.1. The molecule has 0 radical (unpaired) electrons. The number of aromatic nitrogens is 4. The molecule has 0 aliphatic heterocycles. The van der Waals surface area contributed by atoms with Crippen LogP contribution in [0.3, 0.4) is 0 Å². The standard InChI is InChI=1S/C20H16F3N5O/c21-14-9-16(23)15(22)7-12(14)8-19(29)26-20-25-18(27-28-20)6-5-11-10-24-17-4-2-1-3-13(11)17/h1-4,7,9-10,24H,5-6,8H2,(H2,25,26,27,28,29). The molecule has 0 unspecified atom stereocenters. The van der Waals surface area contributed by atoms with Gasteiger partial charge in [-0.3, -0.25) is 15.2 Å². The molecule has 1 amide bonds. The minimum absolute atomic E-state index is 0.0342. The summed E-state index contributed by atoms with van der Waals surface area (Å²) in [6, 6.07) is 9.03. The number of hydrogen-bond donors (Lipinski definition) is 3. The smallest absolute Gasteiger partial charge is 0.248 e. The van der Waals surface area contributed by atoms with Crippen LogP contribution in [0.2, 0.25) is 0 Å². The number of anilines is 1. The summed E-state index contributed by atoms with van der Waals surface area (Å²) in [7, 11) is 0. The van der Waals surface area contributed by atoms with Gasteiger partial charge in [-0.25, -0.2) is 13.2 Å². The molecule has 0 saturated carbocycles. The third-order valence-corrected chi connectivity index (χ3v) is 4.53. The maximum Gasteiger partial charge on any atom is 0.248 e. The number of para-hydroxylation sites is 1. The fourth-order valence-electron chi connectivity index (χ4n) is 3.10. The Balaban J connectivity index is 1.36. The molecule has 29 heavy (non-hydrogen) atoms. The zero-order valence-electron chi connectivity index (χ0n) is 15.1. The second-order valence-corrected chi connectivity index (χ2v) is 6.55. The summed E-state index contributed by atoms with van der Waals surface area (Å²) in [5.74, 6) is -3.55. The highest BCUT2D eigenvalue weighted by Gasteiger charge is 2.15. The number of benzene rings is 2. The summed E-state index contributed by atoms with van der Waals surface area (Å²) in [6.07, 6.45) is 2.76. The number of amides is 1. The first-order valence-corrected chi connectivity index (χ1v) is 8.89. The number of H-pyrrole nitrogens is 2. The Bertz CT molecular complexity index is 1180. The Labute approximate surface area is 163 Å². The molecular formula is C20H16F3N5O. The molecular weight excluding hydrogens is 383 g/mol. The lowest BCUT2D eigenvalue weighted by Gasteiger charge is -2.04. The number of halogens is 3. The van der Waals surface area contributed by atoms with Crippen molar-refractivity contribution >= 4 is 22.8 Å². The maximum atomic E-state index is 13.7. The number of carbonyl (C=O) groups excluding carboxylic acids is 1. The minimum atomic E-state index is -1.31. The van der Waals surface area contributed by atoms with E-state index in [2.05, 4.69) is 25.5 Å². The van der Waals surface area contributed by atoms with Crippen molar-refractivity contribution < 1.29 is 18.0 Å². The molecule has 6 nitrogen and oxygen atoms in total. The molecule has 0 atom stereocenters. The van der Waals surface area contributed by atoms with E-state index in [-0.39, 0.29) is 11.5 Å². The van der Waals surface area contributed by atoms with Gasteiger partial charge in [0, 0.05) is 35.2 Å². The van der Waals surface area contributed by atoms with Crippen LogP contribution in [0.5, 0.6) is 0 Å². The van der Waals surface area contributed by atoms with Crippen molar-refractivity contribution in [3.8, 4) is 0 Å². The van der Waals surface area contributed by atoms with Crippen LogP contribution in [0, 0.1) is 17.5 Å². The monoisotopic (exact) mass is 399 g/mol. The van der Waals surface area contributed by atoms with Crippen molar-refractivity contribution in [2.24, 2.45) is 0 Å². The Kier molecular flexibility index (Phi) is 5.03. The molecule has 3 N–H and O–H groups in total. The molecule has 2 heterocycles. The van der Waals surface area contributed by atoms with Gasteiger partial charge in [0.05, 0.1) is 6.42 Å². The summed E-state index contributed by atoms with van der Waals surface area (Å²) in [6.45, 7) is 0. The van der Waals surface area contributed by atoms with Gasteiger partial charge in [-0.05, 0) is 24.1 Å². The Morgan fingerprint density at radius 3 is 2.66 bits per heavy atom. The number of fused-ring (bicyclic) bond motifs is 1. The van der Waals surface area contributed by atoms with Crippen molar-refractivity contribution in [2.45, 2.75) is 19.3 Å². The summed E-state index contributed by atoms with van der Waals surface area (Å²) in [4.78, 5) is 19.4. The van der Waals surface area contributed by atoms with Crippen molar-refractivity contribution in [3.63, 3.8) is 0 Å². The minimum Gasteiger partial charge on any atom is -0.361 e. The average Bonchev–Trinajstić information content (AvgIpc) is 3.31. The van der Waals surface area contributed by atoms with Gasteiger partial charge in [0.1, 0.15) is 11.6 Å². The highest BCUT2D eigenvalue weighted by atomic mass is 19.2. The van der Waals surface area contributed by atoms with E-state index in [9.17, 15) is 18.0 Å². The Morgan fingerprint density at radius 2 is 1.79 bits per heavy atom. The quantitative estimate of drug-likeness (QED) is 0.433. The maximum absolute atomic E-state index is 13.7. The predicted octanol–water partition coefficient (Wildman–Crippen LogP) is 3.67. The second-order valence-electron chi connectivity index (χ2n) is 6.55. The number of nitrogens with one attached hydrogen (secondary N) is 3. The lowest BCUT2D eigenvalue weighted by atomic mass is 10.1. The molecule has 0 spiro atoms. The summed E-state index contributed by atoms with van der Waals surface area (Å²) < 4.78 is 39.9. The number of aryl methyl sites for hydroxylation is 2. The van der Waals surface area contributed by atoms with Crippen molar-refractivity contribution in [3.05, 3.63) is 77.0 Å². The molecule has 2 aromatic carbocycles. The van der Waals surface area contributed by atoms with Gasteiger partial charge in [0.2, 0.25) is 11.9 Å². The molecule has 0 aliphatic rings. The average molecular weight is 399 g/mol. The van der Waals surface area contributed by atoms with E-state index >= 15 is 0 Å². The molecule has 0 bridgehead atoms. The van der Waals surface area contributed by atoms with Gasteiger partial charge in [-0.2, -0.15) is 4.98 Å². The Hall–Kier alpha value is -3.62. The van der Waals surface area contributed by atoms with Crippen molar-refractivity contribution in [2.75, 3.05) is 5.32 Å². The topological polar surface area (TPSA) is 86.5 Å². The number of nitrogens with zero attached hydrogens (tertiary/aromatic N) is 2. The third-order valence-electron chi connectivity index (χ3n) is 4.53. The second kappa shape index (κ2) is 7.78. The van der Waals surface area contributed by atoms with Gasteiger partial charge in [-0.15, -0.1) is 5.10 Å². The van der Waals surface area contributed by atoms with Gasteiger partial charge in [0.15, 0.2) is 11.6 Å². The molecule has 4 rings (SSSR count). The van der Waals surface area contributed by atoms with E-state index < -0.39 is 29.8 Å². The summed E-state index contributed by atoms with van der Waals surface area (Å²) in [5.41, 5.74) is 1.94. The van der Waals surface area contributed by atoms with E-state index in [1.807, 2.05) is 30.5 Å². The van der Waals surface area contributed by atoms with E-state index in [1.54, 1.807) is 0 Å². The predicted molar refractivity (Wildman–Crippen MR) is 101 cm³/mol. The van der Waals surface area contributed by atoms with Crippen LogP contribution >= 0.6 is 0 Å². The molecule has 0 saturated heterocycles. The number of aromatic amines is 2.